The third-order valence-corrected chi connectivity index (χ3v) is 5.94. The van der Waals surface area contributed by atoms with Gasteiger partial charge < -0.3 is 14.2 Å². The molecule has 2 aromatic heterocycles. The highest BCUT2D eigenvalue weighted by atomic mass is 35.5. The maximum Gasteiger partial charge on any atom is 0.300 e. The van der Waals surface area contributed by atoms with Crippen molar-refractivity contribution in [3.05, 3.63) is 17.8 Å². The Kier molecular flexibility index (Phi) is 4.39. The fourth-order valence-corrected chi connectivity index (χ4v) is 4.53. The molecule has 4 aliphatic rings. The van der Waals surface area contributed by atoms with Gasteiger partial charge in [0.05, 0.1) is 0 Å². The largest absolute Gasteiger partial charge is 0.422 e. The number of aromatic nitrogens is 2. The monoisotopic (exact) mass is 348 g/mol. The molecule has 5 nitrogen and oxygen atoms in total. The number of oxazole rings is 1. The quantitative estimate of drug-likeness (QED) is 0.830. The summed E-state index contributed by atoms with van der Waals surface area (Å²) in [6.45, 7) is 4.57. The van der Waals surface area contributed by atoms with Crippen molar-refractivity contribution in [3.63, 3.8) is 0 Å². The summed E-state index contributed by atoms with van der Waals surface area (Å²) in [5, 5.41) is 0. The zero-order valence-electron chi connectivity index (χ0n) is 14.0. The molecular formula is C18H25ClN4O. The van der Waals surface area contributed by atoms with E-state index in [1.807, 2.05) is 0 Å². The highest BCUT2D eigenvalue weighted by Gasteiger charge is 2.31. The van der Waals surface area contributed by atoms with Crippen LogP contribution in [0, 0.1) is 0 Å². The lowest BCUT2D eigenvalue weighted by Gasteiger charge is -2.30. The van der Waals surface area contributed by atoms with E-state index in [-0.39, 0.29) is 12.4 Å². The molecule has 24 heavy (non-hydrogen) atoms. The van der Waals surface area contributed by atoms with E-state index in [1.54, 1.807) is 0 Å². The minimum atomic E-state index is 0. The van der Waals surface area contributed by atoms with Crippen LogP contribution in [-0.2, 0) is 0 Å². The minimum absolute atomic E-state index is 0. The van der Waals surface area contributed by atoms with Gasteiger partial charge in [0, 0.05) is 43.8 Å². The van der Waals surface area contributed by atoms with Gasteiger partial charge in [-0.3, -0.25) is 0 Å². The molecule has 5 heterocycles. The van der Waals surface area contributed by atoms with Gasteiger partial charge in [-0.15, -0.1) is 12.4 Å². The van der Waals surface area contributed by atoms with Gasteiger partial charge >= 0.3 is 0 Å². The molecular weight excluding hydrogens is 324 g/mol. The van der Waals surface area contributed by atoms with Gasteiger partial charge in [-0.05, 0) is 37.8 Å². The summed E-state index contributed by atoms with van der Waals surface area (Å²) in [6, 6.07) is 5.58. The van der Waals surface area contributed by atoms with E-state index in [4.69, 9.17) is 14.4 Å². The molecule has 3 saturated heterocycles. The number of anilines is 1. The fourth-order valence-electron chi connectivity index (χ4n) is 4.53. The predicted molar refractivity (Wildman–Crippen MR) is 97.1 cm³/mol. The lowest BCUT2D eigenvalue weighted by atomic mass is 10.0. The van der Waals surface area contributed by atoms with Gasteiger partial charge in [0.15, 0.2) is 5.58 Å². The summed E-state index contributed by atoms with van der Waals surface area (Å²) in [4.78, 5) is 14.5. The van der Waals surface area contributed by atoms with E-state index in [2.05, 4.69) is 21.9 Å². The van der Waals surface area contributed by atoms with E-state index >= 15 is 0 Å². The highest BCUT2D eigenvalue weighted by Crippen LogP contribution is 2.34. The van der Waals surface area contributed by atoms with Gasteiger partial charge in [-0.25, -0.2) is 4.98 Å². The van der Waals surface area contributed by atoms with Crippen molar-refractivity contribution in [1.82, 2.24) is 14.9 Å². The van der Waals surface area contributed by atoms with Gasteiger partial charge in [0.25, 0.3) is 6.01 Å². The molecule has 130 valence electrons. The molecule has 0 aromatic carbocycles. The Labute approximate surface area is 148 Å². The van der Waals surface area contributed by atoms with Crippen LogP contribution < -0.4 is 4.90 Å². The van der Waals surface area contributed by atoms with Gasteiger partial charge in [-0.2, -0.15) is 4.98 Å². The smallest absolute Gasteiger partial charge is 0.300 e. The Hall–Kier alpha value is -1.33. The highest BCUT2D eigenvalue weighted by molar-refractivity contribution is 5.85. The van der Waals surface area contributed by atoms with Crippen LogP contribution in [0.4, 0.5) is 6.01 Å². The van der Waals surface area contributed by atoms with E-state index < -0.39 is 0 Å². The number of rotatable bonds is 2. The second-order valence-electron chi connectivity index (χ2n) is 7.30. The van der Waals surface area contributed by atoms with Crippen molar-refractivity contribution >= 4 is 29.7 Å². The van der Waals surface area contributed by atoms with Crippen LogP contribution in [0.2, 0.25) is 0 Å². The molecule has 6 rings (SSSR count). The standard InChI is InChI=1S/C18H24N4O.ClH/c1-2-4-13(3-1)15-5-6-16-17(19-15)20-18(23-16)22-12-11-21-9-7-14(22)8-10-21;/h5-6,13-14H,1-4,7-12H2;1H. The number of piperidine rings is 1. The molecule has 3 aliphatic heterocycles. The first-order valence-electron chi connectivity index (χ1n) is 9.13. The Bertz CT molecular complexity index is 704. The molecule has 2 aromatic rings. The summed E-state index contributed by atoms with van der Waals surface area (Å²) in [6.07, 6.45) is 7.65. The summed E-state index contributed by atoms with van der Waals surface area (Å²) >= 11 is 0. The van der Waals surface area contributed by atoms with Crippen molar-refractivity contribution in [1.29, 1.82) is 0 Å². The van der Waals surface area contributed by atoms with Crippen molar-refractivity contribution in [2.24, 2.45) is 0 Å². The van der Waals surface area contributed by atoms with Crippen LogP contribution in [0.1, 0.15) is 50.1 Å². The Balaban J connectivity index is 0.00000146. The maximum atomic E-state index is 6.07. The van der Waals surface area contributed by atoms with Crippen molar-refractivity contribution in [3.8, 4) is 0 Å². The summed E-state index contributed by atoms with van der Waals surface area (Å²) < 4.78 is 6.07. The number of pyridine rings is 1. The predicted octanol–water partition coefficient (Wildman–Crippen LogP) is 3.59. The lowest BCUT2D eigenvalue weighted by Crippen LogP contribution is -2.38. The zero-order chi connectivity index (χ0) is 15.2. The minimum Gasteiger partial charge on any atom is -0.422 e. The summed E-state index contributed by atoms with van der Waals surface area (Å²) in [7, 11) is 0. The van der Waals surface area contributed by atoms with Crippen molar-refractivity contribution in [2.45, 2.75) is 50.5 Å². The third kappa shape index (κ3) is 2.78. The first-order chi connectivity index (χ1) is 11.4. The molecule has 1 aliphatic carbocycles. The topological polar surface area (TPSA) is 45.4 Å². The number of nitrogens with zero attached hydrogens (tertiary/aromatic N) is 4. The molecule has 0 atom stereocenters. The molecule has 0 unspecified atom stereocenters. The second-order valence-corrected chi connectivity index (χ2v) is 7.30. The molecule has 4 fully saturated rings. The molecule has 6 heteroatoms. The van der Waals surface area contributed by atoms with Crippen molar-refractivity contribution < 1.29 is 4.42 Å². The van der Waals surface area contributed by atoms with Crippen LogP contribution in [0.3, 0.4) is 0 Å². The molecule has 2 bridgehead atoms. The molecule has 1 saturated carbocycles. The Morgan fingerprint density at radius 1 is 0.917 bits per heavy atom. The number of fused-ring (bicyclic) bond motifs is 5. The first-order valence-corrected chi connectivity index (χ1v) is 9.13. The lowest BCUT2D eigenvalue weighted by molar-refractivity contribution is 0.249. The van der Waals surface area contributed by atoms with Crippen LogP contribution in [-0.4, -0.2) is 47.1 Å². The molecule has 0 N–H and O–H groups in total. The molecule has 0 amide bonds. The fraction of sp³-hybridized carbons (Fsp3) is 0.667. The number of hydrogen-bond acceptors (Lipinski definition) is 5. The summed E-state index contributed by atoms with van der Waals surface area (Å²) in [5.74, 6) is 0.626. The summed E-state index contributed by atoms with van der Waals surface area (Å²) in [5.41, 5.74) is 2.84. The molecule has 0 radical (unpaired) electrons. The van der Waals surface area contributed by atoms with E-state index in [9.17, 15) is 0 Å². The van der Waals surface area contributed by atoms with Crippen LogP contribution in [0.25, 0.3) is 11.2 Å². The molecule has 0 spiro atoms. The van der Waals surface area contributed by atoms with E-state index in [0.717, 1.165) is 30.3 Å². The Morgan fingerprint density at radius 3 is 2.50 bits per heavy atom. The van der Waals surface area contributed by atoms with Crippen LogP contribution >= 0.6 is 12.4 Å². The Morgan fingerprint density at radius 2 is 1.71 bits per heavy atom. The van der Waals surface area contributed by atoms with Crippen molar-refractivity contribution in [2.75, 3.05) is 31.1 Å². The normalized spacial score (nSPS) is 27.4. The van der Waals surface area contributed by atoms with E-state index in [1.165, 1.54) is 57.3 Å². The SMILES string of the molecule is Cl.c1cc2oc(N3CCN4CCC3CC4)nc2nc1C1CCCC1. The number of hydrogen-bond donors (Lipinski definition) is 0. The van der Waals surface area contributed by atoms with Gasteiger partial charge in [0.2, 0.25) is 5.65 Å². The third-order valence-electron chi connectivity index (χ3n) is 5.94. The van der Waals surface area contributed by atoms with E-state index in [0.29, 0.717) is 12.0 Å². The van der Waals surface area contributed by atoms with Gasteiger partial charge in [0.1, 0.15) is 0 Å². The maximum absolute atomic E-state index is 6.07. The zero-order valence-corrected chi connectivity index (χ0v) is 14.8. The van der Waals surface area contributed by atoms with Gasteiger partial charge in [-0.1, -0.05) is 12.8 Å². The van der Waals surface area contributed by atoms with Crippen LogP contribution in [0.15, 0.2) is 16.5 Å². The van der Waals surface area contributed by atoms with Crippen LogP contribution in [0.5, 0.6) is 0 Å². The second kappa shape index (κ2) is 6.52. The number of halogens is 1. The average Bonchev–Trinajstić information content (AvgIpc) is 3.17. The first kappa shape index (κ1) is 16.2. The average molecular weight is 349 g/mol.